The molecule has 4 heterocycles. The summed E-state index contributed by atoms with van der Waals surface area (Å²) in [5.74, 6) is 1.52. The van der Waals surface area contributed by atoms with Gasteiger partial charge in [-0.15, -0.1) is 0 Å². The Bertz CT molecular complexity index is 1360. The Hall–Kier alpha value is -4.24. The van der Waals surface area contributed by atoms with Crippen LogP contribution in [0.15, 0.2) is 72.4 Å². The molecule has 9 nitrogen and oxygen atoms in total. The summed E-state index contributed by atoms with van der Waals surface area (Å²) < 4.78 is 13.4. The van der Waals surface area contributed by atoms with Crippen LogP contribution in [0.5, 0.6) is 5.75 Å². The molecule has 0 radical (unpaired) electrons. The van der Waals surface area contributed by atoms with E-state index in [1.165, 1.54) is 0 Å². The van der Waals surface area contributed by atoms with Gasteiger partial charge in [0.1, 0.15) is 29.6 Å². The number of aromatic nitrogens is 4. The molecule has 0 spiro atoms. The molecule has 0 bridgehead atoms. The van der Waals surface area contributed by atoms with Gasteiger partial charge in [-0.2, -0.15) is 0 Å². The smallest absolute Gasteiger partial charge is 0.140 e. The van der Waals surface area contributed by atoms with Crippen molar-refractivity contribution in [3.05, 3.63) is 78.5 Å². The number of nitrogens with one attached hydrogen (secondary N) is 1. The summed E-state index contributed by atoms with van der Waals surface area (Å²) in [6, 6.07) is 14.0. The molecule has 0 amide bonds. The molecule has 1 aromatic carbocycles. The molecule has 5 rings (SSSR count). The molecule has 3 aromatic heterocycles. The van der Waals surface area contributed by atoms with Crippen LogP contribution >= 0.6 is 0 Å². The van der Waals surface area contributed by atoms with Crippen molar-refractivity contribution < 1.29 is 9.47 Å². The predicted molar refractivity (Wildman–Crippen MR) is 136 cm³/mol. The van der Waals surface area contributed by atoms with Gasteiger partial charge in [0.2, 0.25) is 0 Å². The standard InChI is InChI=1S/C26H27N7O2/c1-28-14-20(12-27)19-4-2-18(3-5-19)13-29-25-11-23(31-17-32-25)24-15-30-26-10-21(6-8-33(24)26)35-22-7-9-34-16-22/h2-6,8,10-12,14-15,17,22H,7,9,13,16,27H2,1H3,(H,29,31,32)/b20-12+,28-14?. The number of aliphatic imine (C=N–C) groups is 1. The summed E-state index contributed by atoms with van der Waals surface area (Å²) in [5.41, 5.74) is 11.2. The highest BCUT2D eigenvalue weighted by Gasteiger charge is 2.18. The molecule has 1 fully saturated rings. The maximum atomic E-state index is 6.00. The fourth-order valence-electron chi connectivity index (χ4n) is 3.98. The third-order valence-electron chi connectivity index (χ3n) is 5.81. The van der Waals surface area contributed by atoms with Gasteiger partial charge in [-0.1, -0.05) is 24.3 Å². The fourth-order valence-corrected chi connectivity index (χ4v) is 3.98. The molecule has 0 aliphatic carbocycles. The Labute approximate surface area is 203 Å². The van der Waals surface area contributed by atoms with Crippen LogP contribution in [0.1, 0.15) is 17.5 Å². The van der Waals surface area contributed by atoms with Gasteiger partial charge < -0.3 is 20.5 Å². The minimum atomic E-state index is 0.1000. The zero-order valence-corrected chi connectivity index (χ0v) is 19.5. The number of nitrogens with two attached hydrogens (primary N) is 1. The van der Waals surface area contributed by atoms with E-state index in [0.717, 1.165) is 58.3 Å². The zero-order valence-electron chi connectivity index (χ0n) is 19.5. The molecule has 4 aromatic rings. The Morgan fingerprint density at radius 3 is 2.89 bits per heavy atom. The lowest BCUT2D eigenvalue weighted by Crippen LogP contribution is -2.15. The van der Waals surface area contributed by atoms with E-state index in [9.17, 15) is 0 Å². The number of imidazole rings is 1. The van der Waals surface area contributed by atoms with Crippen molar-refractivity contribution in [3.63, 3.8) is 0 Å². The summed E-state index contributed by atoms with van der Waals surface area (Å²) >= 11 is 0. The van der Waals surface area contributed by atoms with E-state index in [1.807, 2.05) is 47.1 Å². The van der Waals surface area contributed by atoms with Gasteiger partial charge in [0.05, 0.1) is 30.8 Å². The summed E-state index contributed by atoms with van der Waals surface area (Å²) in [5, 5.41) is 3.37. The average molecular weight is 470 g/mol. The Kier molecular flexibility index (Phi) is 6.67. The number of anilines is 1. The average Bonchev–Trinajstić information content (AvgIpc) is 3.56. The van der Waals surface area contributed by atoms with Crippen molar-refractivity contribution in [1.29, 1.82) is 0 Å². The second-order valence-corrected chi connectivity index (χ2v) is 8.19. The second-order valence-electron chi connectivity index (χ2n) is 8.19. The van der Waals surface area contributed by atoms with E-state index in [1.54, 1.807) is 25.8 Å². The lowest BCUT2D eigenvalue weighted by molar-refractivity contribution is 0.141. The highest BCUT2D eigenvalue weighted by Crippen LogP contribution is 2.24. The summed E-state index contributed by atoms with van der Waals surface area (Å²) in [4.78, 5) is 17.4. The van der Waals surface area contributed by atoms with Crippen molar-refractivity contribution in [1.82, 2.24) is 19.4 Å². The Morgan fingerprint density at radius 2 is 2.11 bits per heavy atom. The molecule has 35 heavy (non-hydrogen) atoms. The molecule has 3 N–H and O–H groups in total. The number of hydrogen-bond donors (Lipinski definition) is 2. The van der Waals surface area contributed by atoms with Gasteiger partial charge in [-0.05, 0) is 17.2 Å². The first-order valence-corrected chi connectivity index (χ1v) is 11.4. The molecule has 1 aliphatic rings. The van der Waals surface area contributed by atoms with Crippen LogP contribution in [0.25, 0.3) is 22.6 Å². The number of fused-ring (bicyclic) bond motifs is 1. The number of hydrogen-bond acceptors (Lipinski definition) is 8. The second kappa shape index (κ2) is 10.4. The minimum Gasteiger partial charge on any atom is -0.488 e. The first-order chi connectivity index (χ1) is 17.2. The normalized spacial score (nSPS) is 16.3. The number of benzene rings is 1. The van der Waals surface area contributed by atoms with Crippen LogP contribution in [0.3, 0.4) is 0 Å². The largest absolute Gasteiger partial charge is 0.488 e. The number of allylic oxidation sites excluding steroid dienone is 1. The third-order valence-corrected chi connectivity index (χ3v) is 5.81. The van der Waals surface area contributed by atoms with Crippen molar-refractivity contribution in [2.75, 3.05) is 25.6 Å². The quantitative estimate of drug-likeness (QED) is 0.379. The number of nitrogens with zero attached hydrogens (tertiary/aromatic N) is 5. The monoisotopic (exact) mass is 469 g/mol. The zero-order chi connectivity index (χ0) is 24.0. The molecular weight excluding hydrogens is 442 g/mol. The van der Waals surface area contributed by atoms with E-state index in [-0.39, 0.29) is 6.10 Å². The topological polar surface area (TPSA) is 112 Å². The first-order valence-electron chi connectivity index (χ1n) is 11.4. The van der Waals surface area contributed by atoms with Crippen LogP contribution in [-0.4, -0.2) is 51.9 Å². The lowest BCUT2D eigenvalue weighted by Gasteiger charge is -2.12. The first kappa shape index (κ1) is 22.5. The van der Waals surface area contributed by atoms with Crippen LogP contribution in [0.2, 0.25) is 0 Å². The Morgan fingerprint density at radius 1 is 1.23 bits per heavy atom. The number of rotatable bonds is 8. The van der Waals surface area contributed by atoms with E-state index >= 15 is 0 Å². The molecule has 1 saturated heterocycles. The van der Waals surface area contributed by atoms with Crippen LogP contribution < -0.4 is 15.8 Å². The summed E-state index contributed by atoms with van der Waals surface area (Å²) in [7, 11) is 1.73. The minimum absolute atomic E-state index is 0.1000. The van der Waals surface area contributed by atoms with Crippen molar-refractivity contribution >= 4 is 23.3 Å². The molecule has 1 aliphatic heterocycles. The lowest BCUT2D eigenvalue weighted by atomic mass is 10.1. The highest BCUT2D eigenvalue weighted by molar-refractivity contribution is 6.09. The van der Waals surface area contributed by atoms with Gasteiger partial charge in [-0.25, -0.2) is 15.0 Å². The third kappa shape index (κ3) is 5.15. The SMILES string of the molecule is CN=C/C(=C\N)c1ccc(CNc2cc(-c3cnc4cc(OC5CCOC5)ccn34)ncn2)cc1. The molecule has 1 unspecified atom stereocenters. The number of ether oxygens (including phenoxy) is 2. The van der Waals surface area contributed by atoms with Gasteiger partial charge in [0.25, 0.3) is 0 Å². The van der Waals surface area contributed by atoms with Crippen molar-refractivity contribution in [3.8, 4) is 17.1 Å². The van der Waals surface area contributed by atoms with E-state index in [0.29, 0.717) is 13.2 Å². The van der Waals surface area contributed by atoms with Crippen LogP contribution in [0.4, 0.5) is 5.82 Å². The van der Waals surface area contributed by atoms with Gasteiger partial charge in [0.15, 0.2) is 0 Å². The molecule has 9 heteroatoms. The van der Waals surface area contributed by atoms with Crippen LogP contribution in [0, 0.1) is 0 Å². The van der Waals surface area contributed by atoms with Gasteiger partial charge in [-0.3, -0.25) is 9.39 Å². The maximum Gasteiger partial charge on any atom is 0.140 e. The van der Waals surface area contributed by atoms with Gasteiger partial charge >= 0.3 is 0 Å². The number of pyridine rings is 1. The van der Waals surface area contributed by atoms with E-state index in [2.05, 4.69) is 37.4 Å². The maximum absolute atomic E-state index is 6.00. The van der Waals surface area contributed by atoms with Crippen LogP contribution in [-0.2, 0) is 11.3 Å². The predicted octanol–water partition coefficient (Wildman–Crippen LogP) is 3.57. The highest BCUT2D eigenvalue weighted by atomic mass is 16.5. The van der Waals surface area contributed by atoms with Gasteiger partial charge in [0, 0.05) is 56.3 Å². The fraction of sp³-hybridized carbons (Fsp3) is 0.231. The molecule has 178 valence electrons. The van der Waals surface area contributed by atoms with Crippen molar-refractivity contribution in [2.45, 2.75) is 19.1 Å². The summed E-state index contributed by atoms with van der Waals surface area (Å²) in [6.45, 7) is 2.00. The van der Waals surface area contributed by atoms with Crippen molar-refractivity contribution in [2.24, 2.45) is 10.7 Å². The Balaban J connectivity index is 1.28. The summed E-state index contributed by atoms with van der Waals surface area (Å²) in [6.07, 6.45) is 9.63. The van der Waals surface area contributed by atoms with E-state index < -0.39 is 0 Å². The molecule has 1 atom stereocenters. The molecule has 0 saturated carbocycles. The van der Waals surface area contributed by atoms with E-state index in [4.69, 9.17) is 15.2 Å². The molecular formula is C26H27N7O2.